The fraction of sp³-hybridized carbons (Fsp3) is 0.533. The van der Waals surface area contributed by atoms with Crippen molar-refractivity contribution in [2.45, 2.75) is 32.9 Å². The number of benzene rings is 1. The van der Waals surface area contributed by atoms with Gasteiger partial charge in [0.2, 0.25) is 0 Å². The van der Waals surface area contributed by atoms with Crippen molar-refractivity contribution in [1.82, 2.24) is 5.32 Å². The van der Waals surface area contributed by atoms with Gasteiger partial charge in [0.25, 0.3) is 0 Å². The third-order valence-corrected chi connectivity index (χ3v) is 2.98. The Morgan fingerprint density at radius 2 is 1.94 bits per heavy atom. The van der Waals surface area contributed by atoms with E-state index in [4.69, 9.17) is 4.74 Å². The van der Waals surface area contributed by atoms with Crippen LogP contribution in [0.3, 0.4) is 0 Å². The van der Waals surface area contributed by atoms with Crippen LogP contribution in [0.15, 0.2) is 30.3 Å². The molecular weight excluding hydrogens is 226 g/mol. The smallest absolute Gasteiger partial charge is 0.149 e. The molecule has 0 saturated heterocycles. The van der Waals surface area contributed by atoms with Crippen LogP contribution in [-0.4, -0.2) is 25.5 Å². The van der Waals surface area contributed by atoms with Crippen molar-refractivity contribution in [3.05, 3.63) is 35.9 Å². The molecule has 0 aliphatic rings. The largest absolute Gasteiger partial charge is 0.376 e. The highest BCUT2D eigenvalue weighted by molar-refractivity contribution is 5.83. The first-order chi connectivity index (χ1) is 8.63. The number of hydrogen-bond donors (Lipinski definition) is 1. The molecule has 0 bridgehead atoms. The summed E-state index contributed by atoms with van der Waals surface area (Å²) in [5, 5.41) is 2.96. The van der Waals surface area contributed by atoms with Crippen molar-refractivity contribution in [3.63, 3.8) is 0 Å². The maximum absolute atomic E-state index is 11.7. The second-order valence-electron chi connectivity index (χ2n) is 4.79. The van der Waals surface area contributed by atoms with Gasteiger partial charge in [-0.3, -0.25) is 4.79 Å². The molecule has 0 amide bonds. The van der Waals surface area contributed by atoms with Crippen LogP contribution in [0.5, 0.6) is 0 Å². The van der Waals surface area contributed by atoms with Crippen LogP contribution in [0, 0.1) is 5.92 Å². The van der Waals surface area contributed by atoms with Crippen LogP contribution in [0.4, 0.5) is 0 Å². The molecule has 1 aromatic carbocycles. The average molecular weight is 249 g/mol. The van der Waals surface area contributed by atoms with Crippen LogP contribution in [-0.2, 0) is 16.1 Å². The van der Waals surface area contributed by atoms with E-state index in [0.29, 0.717) is 19.6 Å². The van der Waals surface area contributed by atoms with E-state index < -0.39 is 0 Å². The summed E-state index contributed by atoms with van der Waals surface area (Å²) in [6.45, 7) is 5.17. The molecule has 0 aromatic heterocycles. The van der Waals surface area contributed by atoms with Crippen LogP contribution >= 0.6 is 0 Å². The molecule has 1 rings (SSSR count). The van der Waals surface area contributed by atoms with Gasteiger partial charge >= 0.3 is 0 Å². The first kappa shape index (κ1) is 14.9. The zero-order valence-electron chi connectivity index (χ0n) is 11.5. The number of carbonyl (C=O) groups excluding carboxylic acids is 1. The molecule has 0 fully saturated rings. The van der Waals surface area contributed by atoms with E-state index in [2.05, 4.69) is 5.32 Å². The molecule has 0 aliphatic carbocycles. The number of nitrogens with one attached hydrogen (secondary N) is 1. The van der Waals surface area contributed by atoms with E-state index >= 15 is 0 Å². The monoisotopic (exact) mass is 249 g/mol. The minimum absolute atomic E-state index is 0.0680. The summed E-state index contributed by atoms with van der Waals surface area (Å²) in [4.78, 5) is 11.7. The molecule has 18 heavy (non-hydrogen) atoms. The third-order valence-electron chi connectivity index (χ3n) is 2.98. The van der Waals surface area contributed by atoms with Crippen molar-refractivity contribution in [1.29, 1.82) is 0 Å². The lowest BCUT2D eigenvalue weighted by molar-refractivity contribution is -0.121. The van der Waals surface area contributed by atoms with E-state index in [1.807, 2.05) is 44.2 Å². The number of hydrogen-bond acceptors (Lipinski definition) is 3. The quantitative estimate of drug-likeness (QED) is 0.769. The first-order valence-corrected chi connectivity index (χ1v) is 6.45. The summed E-state index contributed by atoms with van der Waals surface area (Å²) in [7, 11) is 1.80. The Labute approximate surface area is 110 Å². The Morgan fingerprint density at radius 1 is 1.28 bits per heavy atom. The summed E-state index contributed by atoms with van der Waals surface area (Å²) < 4.78 is 5.62. The maximum Gasteiger partial charge on any atom is 0.149 e. The Morgan fingerprint density at radius 3 is 2.56 bits per heavy atom. The van der Waals surface area contributed by atoms with Gasteiger partial charge in [-0.15, -0.1) is 0 Å². The Bertz CT molecular complexity index is 351. The lowest BCUT2D eigenvalue weighted by Gasteiger charge is -2.14. The summed E-state index contributed by atoms with van der Waals surface area (Å²) in [6, 6.07) is 10.0. The van der Waals surface area contributed by atoms with Crippen molar-refractivity contribution in [3.8, 4) is 0 Å². The van der Waals surface area contributed by atoms with Crippen LogP contribution in [0.1, 0.15) is 25.8 Å². The zero-order chi connectivity index (χ0) is 13.4. The van der Waals surface area contributed by atoms with E-state index in [0.717, 1.165) is 0 Å². The molecule has 0 spiro atoms. The number of ether oxygens (including phenoxy) is 1. The third kappa shape index (κ3) is 5.43. The molecule has 1 N–H and O–H groups in total. The second kappa shape index (κ2) is 8.01. The molecule has 3 nitrogen and oxygen atoms in total. The van der Waals surface area contributed by atoms with E-state index in [9.17, 15) is 4.79 Å². The maximum atomic E-state index is 11.7. The van der Waals surface area contributed by atoms with Crippen molar-refractivity contribution >= 4 is 5.78 Å². The van der Waals surface area contributed by atoms with Gasteiger partial charge in [0.15, 0.2) is 0 Å². The summed E-state index contributed by atoms with van der Waals surface area (Å²) in [5.41, 5.74) is 1.17. The summed E-state index contributed by atoms with van der Waals surface area (Å²) >= 11 is 0. The molecule has 0 saturated carbocycles. The van der Waals surface area contributed by atoms with Gasteiger partial charge in [0, 0.05) is 13.0 Å². The Hall–Kier alpha value is -1.19. The molecular formula is C15H23NO2. The molecule has 1 aromatic rings. The average Bonchev–Trinajstić information content (AvgIpc) is 2.38. The van der Waals surface area contributed by atoms with Crippen molar-refractivity contribution in [2.24, 2.45) is 5.92 Å². The highest BCUT2D eigenvalue weighted by Gasteiger charge is 2.14. The molecule has 1 unspecified atom stereocenters. The zero-order valence-corrected chi connectivity index (χ0v) is 11.5. The predicted octanol–water partition coefficient (Wildman–Crippen LogP) is 2.41. The minimum Gasteiger partial charge on any atom is -0.376 e. The van der Waals surface area contributed by atoms with Crippen molar-refractivity contribution < 1.29 is 9.53 Å². The number of ketones is 1. The summed E-state index contributed by atoms with van der Waals surface area (Å²) in [5.74, 6) is 0.505. The van der Waals surface area contributed by atoms with Gasteiger partial charge in [0.1, 0.15) is 5.78 Å². The number of carbonyl (C=O) groups is 1. The number of rotatable bonds is 8. The van der Waals surface area contributed by atoms with Gasteiger partial charge in [-0.05, 0) is 25.5 Å². The van der Waals surface area contributed by atoms with Crippen LogP contribution in [0.2, 0.25) is 0 Å². The SMILES string of the molecule is CN[C@@H](C)C(=O)CC(C)COCc1ccccc1. The standard InChI is InChI=1S/C15H23NO2/c1-12(9-15(17)13(2)16-3)10-18-11-14-7-5-4-6-8-14/h4-8,12-13,16H,9-11H2,1-3H3/t12?,13-/m0/s1. The van der Waals surface area contributed by atoms with Gasteiger partial charge in [-0.2, -0.15) is 0 Å². The molecule has 0 aliphatic heterocycles. The number of Topliss-reactive ketones (excluding diaryl/α,β-unsaturated/α-hetero) is 1. The second-order valence-corrected chi connectivity index (χ2v) is 4.79. The van der Waals surface area contributed by atoms with Crippen molar-refractivity contribution in [2.75, 3.05) is 13.7 Å². The molecule has 0 radical (unpaired) electrons. The van der Waals surface area contributed by atoms with E-state index in [1.165, 1.54) is 5.56 Å². The number of likely N-dealkylation sites (N-methyl/N-ethyl adjacent to an activating group) is 1. The minimum atomic E-state index is -0.0680. The Balaban J connectivity index is 2.21. The molecule has 3 heteroatoms. The summed E-state index contributed by atoms with van der Waals surface area (Å²) in [6.07, 6.45) is 0.566. The first-order valence-electron chi connectivity index (χ1n) is 6.45. The van der Waals surface area contributed by atoms with Gasteiger partial charge in [0.05, 0.1) is 12.6 Å². The molecule has 0 heterocycles. The van der Waals surface area contributed by atoms with E-state index in [1.54, 1.807) is 7.05 Å². The fourth-order valence-corrected chi connectivity index (χ4v) is 1.69. The molecule has 100 valence electrons. The fourth-order valence-electron chi connectivity index (χ4n) is 1.69. The van der Waals surface area contributed by atoms with Gasteiger partial charge in [-0.25, -0.2) is 0 Å². The van der Waals surface area contributed by atoms with Crippen LogP contribution in [0.25, 0.3) is 0 Å². The highest BCUT2D eigenvalue weighted by Crippen LogP contribution is 2.08. The van der Waals surface area contributed by atoms with Gasteiger partial charge in [-0.1, -0.05) is 37.3 Å². The highest BCUT2D eigenvalue weighted by atomic mass is 16.5. The topological polar surface area (TPSA) is 38.3 Å². The lowest BCUT2D eigenvalue weighted by Crippen LogP contribution is -2.32. The van der Waals surface area contributed by atoms with E-state index in [-0.39, 0.29) is 17.7 Å². The normalized spacial score (nSPS) is 14.2. The predicted molar refractivity (Wildman–Crippen MR) is 73.4 cm³/mol. The molecule has 2 atom stereocenters. The Kier molecular flexibility index (Phi) is 6.61. The van der Waals surface area contributed by atoms with Gasteiger partial charge < -0.3 is 10.1 Å². The van der Waals surface area contributed by atoms with Crippen LogP contribution < -0.4 is 5.32 Å². The lowest BCUT2D eigenvalue weighted by atomic mass is 10.0.